The minimum atomic E-state index is -1.18. The highest BCUT2D eigenvalue weighted by molar-refractivity contribution is 6.06. The number of imide groups is 1. The monoisotopic (exact) mass is 324 g/mol. The maximum absolute atomic E-state index is 12.4. The molecular weight excluding hydrogens is 308 g/mol. The standard InChI is InChI=1S/C18H16N2O4/c21-15-11-14(17(22)23)20(15)18(24)19-16(12-7-3-1-4-8-12)13-9-5-2-6-10-13/h1-10,14,16H,11H2,(H,19,24)(H,22,23)/t14-/m0/s1. The molecule has 3 amide bonds. The number of nitrogens with zero attached hydrogens (tertiary/aromatic N) is 1. The first-order valence-electron chi connectivity index (χ1n) is 7.53. The molecule has 6 heteroatoms. The fraction of sp³-hybridized carbons (Fsp3) is 0.167. The smallest absolute Gasteiger partial charge is 0.327 e. The van der Waals surface area contributed by atoms with Gasteiger partial charge in [-0.05, 0) is 11.1 Å². The molecule has 24 heavy (non-hydrogen) atoms. The summed E-state index contributed by atoms with van der Waals surface area (Å²) in [5.41, 5.74) is 1.69. The van der Waals surface area contributed by atoms with Crippen LogP contribution in [0.1, 0.15) is 23.6 Å². The largest absolute Gasteiger partial charge is 0.480 e. The molecule has 0 aromatic heterocycles. The zero-order valence-corrected chi connectivity index (χ0v) is 12.8. The van der Waals surface area contributed by atoms with Gasteiger partial charge >= 0.3 is 12.0 Å². The van der Waals surface area contributed by atoms with Crippen molar-refractivity contribution in [2.24, 2.45) is 0 Å². The third-order valence-corrected chi connectivity index (χ3v) is 3.99. The number of hydrogen-bond donors (Lipinski definition) is 2. The molecule has 1 heterocycles. The van der Waals surface area contributed by atoms with Crippen LogP contribution in [0, 0.1) is 0 Å². The number of carboxylic acids is 1. The van der Waals surface area contributed by atoms with E-state index in [0.717, 1.165) is 16.0 Å². The molecule has 1 saturated heterocycles. The van der Waals surface area contributed by atoms with Gasteiger partial charge < -0.3 is 10.4 Å². The third kappa shape index (κ3) is 2.99. The van der Waals surface area contributed by atoms with Crippen LogP contribution >= 0.6 is 0 Å². The molecular formula is C18H16N2O4. The summed E-state index contributed by atoms with van der Waals surface area (Å²) in [5, 5.41) is 11.8. The first-order valence-corrected chi connectivity index (χ1v) is 7.53. The van der Waals surface area contributed by atoms with E-state index >= 15 is 0 Å². The number of benzene rings is 2. The van der Waals surface area contributed by atoms with Gasteiger partial charge in [0.25, 0.3) is 0 Å². The summed E-state index contributed by atoms with van der Waals surface area (Å²) >= 11 is 0. The highest BCUT2D eigenvalue weighted by atomic mass is 16.4. The Labute approximate surface area is 138 Å². The van der Waals surface area contributed by atoms with Gasteiger partial charge in [0, 0.05) is 0 Å². The van der Waals surface area contributed by atoms with Crippen LogP contribution in [0.4, 0.5) is 4.79 Å². The van der Waals surface area contributed by atoms with Gasteiger partial charge in [0.15, 0.2) is 0 Å². The minimum Gasteiger partial charge on any atom is -0.480 e. The molecule has 0 spiro atoms. The summed E-state index contributed by atoms with van der Waals surface area (Å²) in [5.74, 6) is -1.67. The number of likely N-dealkylation sites (tertiary alicyclic amines) is 1. The van der Waals surface area contributed by atoms with E-state index in [1.165, 1.54) is 0 Å². The second-order valence-corrected chi connectivity index (χ2v) is 5.53. The summed E-state index contributed by atoms with van der Waals surface area (Å²) in [7, 11) is 0. The lowest BCUT2D eigenvalue weighted by Crippen LogP contribution is -2.62. The topological polar surface area (TPSA) is 86.7 Å². The normalized spacial score (nSPS) is 16.6. The Hall–Kier alpha value is -3.15. The Morgan fingerprint density at radius 3 is 1.92 bits per heavy atom. The molecule has 2 aromatic rings. The van der Waals surface area contributed by atoms with E-state index in [2.05, 4.69) is 5.32 Å². The predicted octanol–water partition coefficient (Wildman–Crippen LogP) is 2.17. The van der Waals surface area contributed by atoms with E-state index in [0.29, 0.717) is 0 Å². The highest BCUT2D eigenvalue weighted by Crippen LogP contribution is 2.25. The zero-order valence-electron chi connectivity index (χ0n) is 12.8. The number of hydrogen-bond acceptors (Lipinski definition) is 3. The first-order chi connectivity index (χ1) is 11.6. The highest BCUT2D eigenvalue weighted by Gasteiger charge is 2.46. The van der Waals surface area contributed by atoms with E-state index in [9.17, 15) is 14.4 Å². The Kier molecular flexibility index (Phi) is 4.29. The molecule has 1 aliphatic heterocycles. The summed E-state index contributed by atoms with van der Waals surface area (Å²) in [6.45, 7) is 0. The zero-order chi connectivity index (χ0) is 17.1. The van der Waals surface area contributed by atoms with Crippen molar-refractivity contribution in [3.05, 3.63) is 71.8 Å². The van der Waals surface area contributed by atoms with Gasteiger partial charge in [0.2, 0.25) is 5.91 Å². The lowest BCUT2D eigenvalue weighted by Gasteiger charge is -2.36. The van der Waals surface area contributed by atoms with Gasteiger partial charge in [-0.3, -0.25) is 4.79 Å². The lowest BCUT2D eigenvalue weighted by molar-refractivity contribution is -0.157. The second kappa shape index (κ2) is 6.54. The molecule has 0 radical (unpaired) electrons. The van der Waals surface area contributed by atoms with Crippen LogP contribution < -0.4 is 5.32 Å². The second-order valence-electron chi connectivity index (χ2n) is 5.53. The number of carbonyl (C=O) groups is 3. The Balaban J connectivity index is 1.86. The summed E-state index contributed by atoms with van der Waals surface area (Å²) in [6, 6.07) is 16.4. The maximum atomic E-state index is 12.4. The molecule has 0 bridgehead atoms. The maximum Gasteiger partial charge on any atom is 0.327 e. The molecule has 2 N–H and O–H groups in total. The van der Waals surface area contributed by atoms with Crippen LogP contribution in [-0.4, -0.2) is 34.0 Å². The average molecular weight is 324 g/mol. The lowest BCUT2D eigenvalue weighted by atomic mass is 9.98. The molecule has 122 valence electrons. The van der Waals surface area contributed by atoms with Crippen molar-refractivity contribution in [1.82, 2.24) is 10.2 Å². The Bertz CT molecular complexity index is 722. The molecule has 2 aromatic carbocycles. The van der Waals surface area contributed by atoms with Crippen molar-refractivity contribution in [3.8, 4) is 0 Å². The van der Waals surface area contributed by atoms with Crippen LogP contribution in [0.15, 0.2) is 60.7 Å². The van der Waals surface area contributed by atoms with Crippen molar-refractivity contribution >= 4 is 17.9 Å². The van der Waals surface area contributed by atoms with E-state index in [1.807, 2.05) is 60.7 Å². The van der Waals surface area contributed by atoms with Gasteiger partial charge in [-0.25, -0.2) is 14.5 Å². The number of aliphatic carboxylic acids is 1. The number of β-lactam (4-membered cyclic amide) rings is 1. The van der Waals surface area contributed by atoms with E-state index < -0.39 is 30.0 Å². The first kappa shape index (κ1) is 15.7. The Morgan fingerprint density at radius 2 is 1.50 bits per heavy atom. The number of carbonyl (C=O) groups excluding carboxylic acids is 2. The van der Waals surface area contributed by atoms with Crippen LogP contribution in [0.3, 0.4) is 0 Å². The van der Waals surface area contributed by atoms with Crippen LogP contribution in [0.5, 0.6) is 0 Å². The summed E-state index contributed by atoms with van der Waals surface area (Å²) < 4.78 is 0. The number of amides is 3. The summed E-state index contributed by atoms with van der Waals surface area (Å²) in [4.78, 5) is 35.9. The molecule has 1 fully saturated rings. The van der Waals surface area contributed by atoms with Gasteiger partial charge in [-0.2, -0.15) is 0 Å². The molecule has 1 aliphatic rings. The number of carboxylic acid groups (broad SMARTS) is 1. The Morgan fingerprint density at radius 1 is 1.00 bits per heavy atom. The van der Waals surface area contributed by atoms with Gasteiger partial charge in [0.05, 0.1) is 12.5 Å². The third-order valence-electron chi connectivity index (χ3n) is 3.99. The molecule has 6 nitrogen and oxygen atoms in total. The fourth-order valence-corrected chi connectivity index (χ4v) is 2.71. The SMILES string of the molecule is O=C(O)[C@@H]1CC(=O)N1C(=O)NC(c1ccccc1)c1ccccc1. The van der Waals surface area contributed by atoms with Crippen molar-refractivity contribution in [2.45, 2.75) is 18.5 Å². The van der Waals surface area contributed by atoms with Crippen molar-refractivity contribution in [1.29, 1.82) is 0 Å². The molecule has 3 rings (SSSR count). The molecule has 1 atom stereocenters. The van der Waals surface area contributed by atoms with Crippen molar-refractivity contribution in [3.63, 3.8) is 0 Å². The minimum absolute atomic E-state index is 0.149. The van der Waals surface area contributed by atoms with Crippen LogP contribution in [0.25, 0.3) is 0 Å². The van der Waals surface area contributed by atoms with Crippen LogP contribution in [-0.2, 0) is 9.59 Å². The van der Waals surface area contributed by atoms with Gasteiger partial charge in [0.1, 0.15) is 6.04 Å². The summed E-state index contributed by atoms with van der Waals surface area (Å²) in [6.07, 6.45) is -0.149. The molecule has 0 unspecified atom stereocenters. The number of nitrogens with one attached hydrogen (secondary N) is 1. The van der Waals surface area contributed by atoms with Crippen molar-refractivity contribution < 1.29 is 19.5 Å². The number of rotatable bonds is 4. The van der Waals surface area contributed by atoms with Gasteiger partial charge in [-0.1, -0.05) is 60.7 Å². The number of urea groups is 1. The predicted molar refractivity (Wildman–Crippen MR) is 86.1 cm³/mol. The molecule has 0 aliphatic carbocycles. The van der Waals surface area contributed by atoms with E-state index in [-0.39, 0.29) is 6.42 Å². The van der Waals surface area contributed by atoms with E-state index in [1.54, 1.807) is 0 Å². The average Bonchev–Trinajstić information content (AvgIpc) is 2.58. The quantitative estimate of drug-likeness (QED) is 0.844. The molecule has 0 saturated carbocycles. The van der Waals surface area contributed by atoms with E-state index in [4.69, 9.17) is 5.11 Å². The van der Waals surface area contributed by atoms with Crippen molar-refractivity contribution in [2.75, 3.05) is 0 Å². The van der Waals surface area contributed by atoms with Gasteiger partial charge in [-0.15, -0.1) is 0 Å². The van der Waals surface area contributed by atoms with Crippen LogP contribution in [0.2, 0.25) is 0 Å². The fourth-order valence-electron chi connectivity index (χ4n) is 2.71.